The van der Waals surface area contributed by atoms with Crippen LogP contribution in [0.1, 0.15) is 30.0 Å². The number of carbonyl (C=O) groups excluding carboxylic acids is 2. The zero-order valence-electron chi connectivity index (χ0n) is 16.3. The minimum atomic E-state index is -0.718. The fourth-order valence-electron chi connectivity index (χ4n) is 3.90. The molecular formula is C21H26N4O3. The van der Waals surface area contributed by atoms with Crippen molar-refractivity contribution < 1.29 is 14.3 Å². The number of aromatic nitrogens is 2. The first-order valence-corrected chi connectivity index (χ1v) is 9.67. The maximum Gasteiger partial charge on any atom is 0.251 e. The van der Waals surface area contributed by atoms with Crippen molar-refractivity contribution in [1.29, 1.82) is 0 Å². The molecule has 2 heterocycles. The lowest BCUT2D eigenvalue weighted by Gasteiger charge is -2.39. The highest BCUT2D eigenvalue weighted by atomic mass is 16.5. The number of rotatable bonds is 6. The van der Waals surface area contributed by atoms with E-state index in [2.05, 4.69) is 10.4 Å². The van der Waals surface area contributed by atoms with Crippen LogP contribution in [0.5, 0.6) is 0 Å². The topological polar surface area (TPSA) is 76.5 Å². The molecule has 1 aromatic heterocycles. The molecule has 148 valence electrons. The molecule has 7 heteroatoms. The van der Waals surface area contributed by atoms with Crippen LogP contribution in [0.2, 0.25) is 0 Å². The monoisotopic (exact) mass is 382 g/mol. The molecule has 4 rings (SSSR count). The van der Waals surface area contributed by atoms with E-state index in [1.807, 2.05) is 48.1 Å². The van der Waals surface area contributed by atoms with Gasteiger partial charge in [-0.05, 0) is 37.0 Å². The van der Waals surface area contributed by atoms with Gasteiger partial charge in [0.25, 0.3) is 5.91 Å². The van der Waals surface area contributed by atoms with Crippen LogP contribution in [0.15, 0.2) is 42.7 Å². The minimum Gasteiger partial charge on any atom is -0.356 e. The lowest BCUT2D eigenvalue weighted by atomic mass is 9.93. The quantitative estimate of drug-likeness (QED) is 0.825. The fourth-order valence-corrected chi connectivity index (χ4v) is 3.90. The maximum atomic E-state index is 13.0. The average Bonchev–Trinajstić information content (AvgIpc) is 3.25. The number of carbonyl (C=O) groups is 2. The van der Waals surface area contributed by atoms with Crippen molar-refractivity contribution in [3.05, 3.63) is 53.9 Å². The molecule has 7 nitrogen and oxygen atoms in total. The first-order valence-electron chi connectivity index (χ1n) is 9.67. The molecule has 0 unspecified atom stereocenters. The summed E-state index contributed by atoms with van der Waals surface area (Å²) in [5.41, 5.74) is 2.04. The lowest BCUT2D eigenvalue weighted by Crippen LogP contribution is -2.53. The van der Waals surface area contributed by atoms with Crippen molar-refractivity contribution in [3.63, 3.8) is 0 Å². The number of aryl methyl sites for hydroxylation is 1. The number of likely N-dealkylation sites (N-methyl/N-ethyl adjacent to an activating group) is 1. The summed E-state index contributed by atoms with van der Waals surface area (Å²) in [7, 11) is 1.74. The molecule has 1 saturated carbocycles. The van der Waals surface area contributed by atoms with E-state index in [4.69, 9.17) is 4.74 Å². The summed E-state index contributed by atoms with van der Waals surface area (Å²) >= 11 is 0. The maximum absolute atomic E-state index is 13.0. The summed E-state index contributed by atoms with van der Waals surface area (Å²) in [6.07, 6.45) is 5.13. The zero-order valence-corrected chi connectivity index (χ0v) is 16.3. The van der Waals surface area contributed by atoms with E-state index in [0.29, 0.717) is 6.54 Å². The number of hydrogen-bond acceptors (Lipinski definition) is 4. The van der Waals surface area contributed by atoms with Gasteiger partial charge in [-0.15, -0.1) is 0 Å². The smallest absolute Gasteiger partial charge is 0.251 e. The Hall–Kier alpha value is -2.67. The highest BCUT2D eigenvalue weighted by molar-refractivity contribution is 5.86. The summed E-state index contributed by atoms with van der Waals surface area (Å²) < 4.78 is 7.63. The van der Waals surface area contributed by atoms with Gasteiger partial charge in [0.15, 0.2) is 6.10 Å². The molecule has 1 N–H and O–H groups in total. The third-order valence-electron chi connectivity index (χ3n) is 5.90. The molecule has 0 spiro atoms. The Bertz CT molecular complexity index is 860. The van der Waals surface area contributed by atoms with Crippen LogP contribution >= 0.6 is 0 Å². The third-order valence-corrected chi connectivity index (χ3v) is 5.90. The second kappa shape index (κ2) is 7.39. The molecule has 28 heavy (non-hydrogen) atoms. The predicted octanol–water partition coefficient (Wildman–Crippen LogP) is 1.69. The molecule has 2 aliphatic rings. The fraction of sp³-hybridized carbons (Fsp3) is 0.476. The molecule has 2 aromatic rings. The molecule has 1 aliphatic carbocycles. The Balaban J connectivity index is 1.47. The van der Waals surface area contributed by atoms with Gasteiger partial charge in [-0.25, -0.2) is 0 Å². The van der Waals surface area contributed by atoms with Crippen molar-refractivity contribution in [1.82, 2.24) is 20.0 Å². The Morgan fingerprint density at radius 1 is 1.32 bits per heavy atom. The minimum absolute atomic E-state index is 0.0657. The SMILES string of the molecule is Cc1ccccc1[C@@H]1[C@@H](C(=O)NCC2(Cn3cccn3)CC2)OCC(=O)N1C. The average molecular weight is 382 g/mol. The van der Waals surface area contributed by atoms with E-state index in [1.54, 1.807) is 18.1 Å². The third kappa shape index (κ3) is 3.67. The summed E-state index contributed by atoms with van der Waals surface area (Å²) in [4.78, 5) is 26.9. The number of nitrogens with zero attached hydrogens (tertiary/aromatic N) is 3. The van der Waals surface area contributed by atoms with Crippen LogP contribution in [0.4, 0.5) is 0 Å². The largest absolute Gasteiger partial charge is 0.356 e. The van der Waals surface area contributed by atoms with E-state index in [9.17, 15) is 9.59 Å². The summed E-state index contributed by atoms with van der Waals surface area (Å²) in [6.45, 7) is 3.30. The Morgan fingerprint density at radius 2 is 2.11 bits per heavy atom. The Labute approximate surface area is 164 Å². The lowest BCUT2D eigenvalue weighted by molar-refractivity contribution is -0.162. The van der Waals surface area contributed by atoms with Crippen molar-refractivity contribution in [2.45, 2.75) is 38.5 Å². The Kier molecular flexibility index (Phi) is 4.93. The van der Waals surface area contributed by atoms with E-state index in [1.165, 1.54) is 0 Å². The molecular weight excluding hydrogens is 356 g/mol. The molecule has 1 aliphatic heterocycles. The number of ether oxygens (including phenoxy) is 1. The molecule has 2 fully saturated rings. The van der Waals surface area contributed by atoms with Crippen molar-refractivity contribution in [2.24, 2.45) is 5.41 Å². The highest BCUT2D eigenvalue weighted by Gasteiger charge is 2.45. The van der Waals surface area contributed by atoms with E-state index in [-0.39, 0.29) is 23.8 Å². The summed E-state index contributed by atoms with van der Waals surface area (Å²) in [6, 6.07) is 9.30. The van der Waals surface area contributed by atoms with Gasteiger partial charge >= 0.3 is 0 Å². The predicted molar refractivity (Wildman–Crippen MR) is 103 cm³/mol. The number of morpholine rings is 1. The van der Waals surface area contributed by atoms with Crippen LogP contribution in [0, 0.1) is 12.3 Å². The van der Waals surface area contributed by atoms with Gasteiger partial charge in [-0.3, -0.25) is 14.3 Å². The normalized spacial score (nSPS) is 23.5. The number of hydrogen-bond donors (Lipinski definition) is 1. The molecule has 0 radical (unpaired) electrons. The first kappa shape index (κ1) is 18.7. The second-order valence-electron chi connectivity index (χ2n) is 7.96. The van der Waals surface area contributed by atoms with Gasteiger partial charge in [0, 0.05) is 37.9 Å². The van der Waals surface area contributed by atoms with Crippen LogP contribution in [0.3, 0.4) is 0 Å². The van der Waals surface area contributed by atoms with Gasteiger partial charge in [0.05, 0.1) is 6.04 Å². The molecule has 2 amide bonds. The molecule has 2 atom stereocenters. The van der Waals surface area contributed by atoms with Crippen LogP contribution in [-0.2, 0) is 20.9 Å². The van der Waals surface area contributed by atoms with E-state index < -0.39 is 12.1 Å². The summed E-state index contributed by atoms with van der Waals surface area (Å²) in [5.74, 6) is -0.283. The highest BCUT2D eigenvalue weighted by Crippen LogP contribution is 2.46. The molecule has 1 aromatic carbocycles. The van der Waals surface area contributed by atoms with Crippen molar-refractivity contribution in [3.8, 4) is 0 Å². The first-order chi connectivity index (χ1) is 13.5. The van der Waals surface area contributed by atoms with Gasteiger partial charge in [0.2, 0.25) is 5.91 Å². The summed E-state index contributed by atoms with van der Waals surface area (Å²) in [5, 5.41) is 7.35. The van der Waals surface area contributed by atoms with Gasteiger partial charge in [-0.1, -0.05) is 24.3 Å². The van der Waals surface area contributed by atoms with Gasteiger partial charge in [0.1, 0.15) is 6.61 Å². The van der Waals surface area contributed by atoms with Crippen molar-refractivity contribution >= 4 is 11.8 Å². The van der Waals surface area contributed by atoms with Crippen LogP contribution < -0.4 is 5.32 Å². The van der Waals surface area contributed by atoms with E-state index >= 15 is 0 Å². The van der Waals surface area contributed by atoms with Crippen LogP contribution in [-0.4, -0.2) is 52.8 Å². The zero-order chi connectivity index (χ0) is 19.7. The number of nitrogens with one attached hydrogen (secondary N) is 1. The number of amides is 2. The van der Waals surface area contributed by atoms with Gasteiger partial charge < -0.3 is 15.0 Å². The molecule has 1 saturated heterocycles. The standard InChI is InChI=1S/C21H26N4O3/c1-15-6-3-4-7-16(15)18-19(28-12-17(26)24(18)2)20(27)22-13-21(8-9-21)14-25-11-5-10-23-25/h3-7,10-11,18-19H,8-9,12-14H2,1-2H3,(H,22,27)/t18-,19+/m1/s1. The Morgan fingerprint density at radius 3 is 2.79 bits per heavy atom. The van der Waals surface area contributed by atoms with Crippen LogP contribution in [0.25, 0.3) is 0 Å². The number of benzene rings is 1. The van der Waals surface area contributed by atoms with E-state index in [0.717, 1.165) is 30.5 Å². The van der Waals surface area contributed by atoms with Crippen molar-refractivity contribution in [2.75, 3.05) is 20.2 Å². The second-order valence-corrected chi connectivity index (χ2v) is 7.96. The van der Waals surface area contributed by atoms with Gasteiger partial charge in [-0.2, -0.15) is 5.10 Å². The molecule has 0 bridgehead atoms.